The van der Waals surface area contributed by atoms with Gasteiger partial charge in [-0.3, -0.25) is 30.9 Å². The molecule has 2 aromatic heterocycles. The number of anilines is 4. The molecule has 0 unspecified atom stereocenters. The van der Waals surface area contributed by atoms with Crippen LogP contribution in [0.5, 0.6) is 11.5 Å². The number of rotatable bonds is 10. The molecule has 0 bridgehead atoms. The summed E-state index contributed by atoms with van der Waals surface area (Å²) in [7, 11) is 0. The molecule has 4 amide bonds. The van der Waals surface area contributed by atoms with E-state index in [-0.39, 0.29) is 44.5 Å². The Kier molecular flexibility index (Phi) is 13.4. The SMILES string of the molecule is O=C=Nc1ccc(NC(=O)Oc2cccnc2NC(=S)NC(=O)c2cccc(C(=O)NC(=S)Nc3ncccc3OC(=O)Nc3ccc(N=C=O)cc3)c2)cc1. The number of thiocarbonyl (C=S) groups is 2. The van der Waals surface area contributed by atoms with Crippen LogP contribution in [-0.2, 0) is 9.59 Å². The Morgan fingerprint density at radius 1 is 0.554 bits per heavy atom. The van der Waals surface area contributed by atoms with E-state index >= 15 is 0 Å². The third kappa shape index (κ3) is 11.5. The Morgan fingerprint density at radius 2 is 0.964 bits per heavy atom. The Bertz CT molecular complexity index is 2250. The maximum atomic E-state index is 13.1. The number of pyridine rings is 2. The zero-order chi connectivity index (χ0) is 39.9. The lowest BCUT2D eigenvalue weighted by Gasteiger charge is -2.14. The molecule has 0 atom stereocenters. The zero-order valence-corrected chi connectivity index (χ0v) is 29.9. The molecule has 0 radical (unpaired) electrons. The van der Waals surface area contributed by atoms with Crippen LogP contribution in [0.15, 0.2) is 119 Å². The number of benzene rings is 3. The van der Waals surface area contributed by atoms with Gasteiger partial charge in [-0.05, 0) is 115 Å². The number of carbonyl (C=O) groups excluding carboxylic acids is 6. The summed E-state index contributed by atoms with van der Waals surface area (Å²) in [5.41, 5.74) is 1.53. The van der Waals surface area contributed by atoms with Gasteiger partial charge in [0.2, 0.25) is 12.2 Å². The number of nitrogens with zero attached hydrogens (tertiary/aromatic N) is 4. The second-order valence-electron chi connectivity index (χ2n) is 10.6. The Labute approximate surface area is 326 Å². The quantitative estimate of drug-likeness (QED) is 0.0550. The van der Waals surface area contributed by atoms with Crippen LogP contribution in [0.4, 0.5) is 44.0 Å². The molecule has 0 aliphatic heterocycles. The first-order chi connectivity index (χ1) is 27.1. The van der Waals surface area contributed by atoms with Gasteiger partial charge in [0.1, 0.15) is 0 Å². The third-order valence-electron chi connectivity index (χ3n) is 6.83. The number of aliphatic imine (C=N–C) groups is 2. The van der Waals surface area contributed by atoms with E-state index in [2.05, 4.69) is 51.9 Å². The van der Waals surface area contributed by atoms with Crippen molar-refractivity contribution in [3.05, 3.63) is 121 Å². The average Bonchev–Trinajstić information content (AvgIpc) is 3.18. The molecule has 6 N–H and O–H groups in total. The molecule has 18 nitrogen and oxygen atoms in total. The van der Waals surface area contributed by atoms with Crippen molar-refractivity contribution in [3.8, 4) is 11.5 Å². The van der Waals surface area contributed by atoms with E-state index in [9.17, 15) is 28.8 Å². The lowest BCUT2D eigenvalue weighted by molar-refractivity contribution is 0.0976. The van der Waals surface area contributed by atoms with Gasteiger partial charge in [-0.15, -0.1) is 0 Å². The van der Waals surface area contributed by atoms with E-state index in [1.807, 2.05) is 0 Å². The van der Waals surface area contributed by atoms with E-state index in [0.717, 1.165) is 0 Å². The van der Waals surface area contributed by atoms with Gasteiger partial charge in [0.05, 0.1) is 11.4 Å². The minimum Gasteiger partial charge on any atom is -0.406 e. The van der Waals surface area contributed by atoms with Crippen molar-refractivity contribution in [2.45, 2.75) is 0 Å². The molecular formula is C36H24N10O8S2. The smallest absolute Gasteiger partial charge is 0.406 e. The topological polar surface area (TPSA) is 244 Å². The first kappa shape index (κ1) is 39.2. The minimum atomic E-state index is -0.864. The Morgan fingerprint density at radius 3 is 1.36 bits per heavy atom. The third-order valence-corrected chi connectivity index (χ3v) is 7.24. The molecule has 0 fully saturated rings. The molecule has 5 aromatic rings. The largest absolute Gasteiger partial charge is 0.417 e. The predicted molar refractivity (Wildman–Crippen MR) is 210 cm³/mol. The molecule has 278 valence electrons. The number of carbonyl (C=O) groups is 4. The summed E-state index contributed by atoms with van der Waals surface area (Å²) >= 11 is 10.5. The highest BCUT2D eigenvalue weighted by Crippen LogP contribution is 2.24. The lowest BCUT2D eigenvalue weighted by Crippen LogP contribution is -2.36. The highest BCUT2D eigenvalue weighted by atomic mass is 32.1. The maximum absolute atomic E-state index is 13.1. The number of amides is 4. The first-order valence-corrected chi connectivity index (χ1v) is 16.5. The average molecular weight is 789 g/mol. The van der Waals surface area contributed by atoms with Gasteiger partial charge in [-0.2, -0.15) is 9.98 Å². The number of aromatic nitrogens is 2. The molecule has 5 rings (SSSR count). The van der Waals surface area contributed by atoms with Crippen molar-refractivity contribution >= 4 is 105 Å². The van der Waals surface area contributed by atoms with E-state index in [1.165, 1.54) is 122 Å². The summed E-state index contributed by atoms with van der Waals surface area (Å²) in [6, 6.07) is 23.6. The van der Waals surface area contributed by atoms with Crippen molar-refractivity contribution in [2.24, 2.45) is 9.98 Å². The summed E-state index contributed by atoms with van der Waals surface area (Å²) in [6.45, 7) is 0. The van der Waals surface area contributed by atoms with E-state index in [0.29, 0.717) is 22.7 Å². The molecule has 0 spiro atoms. The fourth-order valence-corrected chi connectivity index (χ4v) is 4.77. The van der Waals surface area contributed by atoms with Crippen molar-refractivity contribution in [3.63, 3.8) is 0 Å². The summed E-state index contributed by atoms with van der Waals surface area (Å²) in [5.74, 6) is -1.39. The van der Waals surface area contributed by atoms with E-state index < -0.39 is 24.0 Å². The first-order valence-electron chi connectivity index (χ1n) is 15.7. The van der Waals surface area contributed by atoms with Gasteiger partial charge in [0.25, 0.3) is 11.8 Å². The second kappa shape index (κ2) is 19.2. The number of hydrogen-bond donors (Lipinski definition) is 6. The molecule has 0 aliphatic rings. The normalized spacial score (nSPS) is 9.86. The zero-order valence-electron chi connectivity index (χ0n) is 28.3. The van der Waals surface area contributed by atoms with Crippen molar-refractivity contribution in [1.29, 1.82) is 0 Å². The van der Waals surface area contributed by atoms with Crippen LogP contribution in [-0.4, -0.2) is 56.4 Å². The van der Waals surface area contributed by atoms with Crippen LogP contribution in [0.1, 0.15) is 20.7 Å². The molecule has 20 heteroatoms. The fourth-order valence-electron chi connectivity index (χ4n) is 4.39. The van der Waals surface area contributed by atoms with Gasteiger partial charge in [0, 0.05) is 34.9 Å². The monoisotopic (exact) mass is 788 g/mol. The number of nitrogens with one attached hydrogen (secondary N) is 6. The molecule has 2 heterocycles. The van der Waals surface area contributed by atoms with Crippen LogP contribution in [0.2, 0.25) is 0 Å². The van der Waals surface area contributed by atoms with Crippen molar-refractivity contribution < 1.29 is 38.2 Å². The molecular weight excluding hydrogens is 765 g/mol. The molecule has 0 saturated carbocycles. The van der Waals surface area contributed by atoms with Crippen LogP contribution >= 0.6 is 24.4 Å². The summed E-state index contributed by atoms with van der Waals surface area (Å²) in [6.07, 6.45) is 3.92. The fraction of sp³-hybridized carbons (Fsp3) is 0. The summed E-state index contributed by atoms with van der Waals surface area (Å²) < 4.78 is 10.7. The molecule has 0 saturated heterocycles. The number of hydrogen-bond acceptors (Lipinski definition) is 14. The van der Waals surface area contributed by atoms with E-state index in [1.54, 1.807) is 0 Å². The minimum absolute atomic E-state index is 0.0113. The summed E-state index contributed by atoms with van der Waals surface area (Å²) in [4.78, 5) is 87.2. The highest BCUT2D eigenvalue weighted by Gasteiger charge is 2.17. The standard InChI is InChI=1S/C36H24N10O8S2/c47-19-39-23-8-12-25(13-9-23)41-35(51)53-27-6-2-16-37-29(27)43-33(55)45-31(49)21-4-1-5-22(18-21)32(50)46-34(56)44-30-28(7-3-17-38-30)54-36(52)42-26-14-10-24(11-15-26)40-20-48/h1-18H,(H,41,51)(H,42,52)(H2,37,43,45,49,55)(H2,38,44,46,50,56). The van der Waals surface area contributed by atoms with Crippen molar-refractivity contribution in [1.82, 2.24) is 20.6 Å². The highest BCUT2D eigenvalue weighted by molar-refractivity contribution is 7.80. The van der Waals surface area contributed by atoms with Gasteiger partial charge < -0.3 is 20.1 Å². The van der Waals surface area contributed by atoms with Gasteiger partial charge in [-0.25, -0.2) is 29.1 Å². The summed E-state index contributed by atoms with van der Waals surface area (Å²) in [5, 5.41) is 15.0. The predicted octanol–water partition coefficient (Wildman–Crippen LogP) is 5.89. The van der Waals surface area contributed by atoms with Crippen LogP contribution < -0.4 is 41.4 Å². The van der Waals surface area contributed by atoms with E-state index in [4.69, 9.17) is 33.9 Å². The number of isocyanates is 2. The van der Waals surface area contributed by atoms with Crippen LogP contribution in [0.3, 0.4) is 0 Å². The van der Waals surface area contributed by atoms with Gasteiger partial charge in [0.15, 0.2) is 33.4 Å². The van der Waals surface area contributed by atoms with Crippen LogP contribution in [0.25, 0.3) is 0 Å². The second-order valence-corrected chi connectivity index (χ2v) is 11.4. The van der Waals surface area contributed by atoms with Crippen molar-refractivity contribution in [2.75, 3.05) is 21.3 Å². The lowest BCUT2D eigenvalue weighted by atomic mass is 10.1. The Balaban J connectivity index is 1.13. The Hall–Kier alpha value is -8.02. The maximum Gasteiger partial charge on any atom is 0.417 e. The molecule has 3 aromatic carbocycles. The van der Waals surface area contributed by atoms with Crippen LogP contribution in [0, 0.1) is 0 Å². The van der Waals surface area contributed by atoms with Gasteiger partial charge in [-0.1, -0.05) is 6.07 Å². The molecule has 56 heavy (non-hydrogen) atoms. The van der Waals surface area contributed by atoms with Gasteiger partial charge >= 0.3 is 12.2 Å². The molecule has 0 aliphatic carbocycles. The number of ether oxygens (including phenoxy) is 2.